The van der Waals surface area contributed by atoms with E-state index in [1.54, 1.807) is 0 Å². The van der Waals surface area contributed by atoms with E-state index in [4.69, 9.17) is 14.2 Å². The quantitative estimate of drug-likeness (QED) is 0.0261. The Labute approximate surface area is 443 Å². The minimum absolute atomic E-state index is 0.0697. The number of ether oxygens (including phenoxy) is 3. The lowest BCUT2D eigenvalue weighted by atomic mass is 10.0. The van der Waals surface area contributed by atoms with Gasteiger partial charge in [-0.15, -0.1) is 0 Å². The Morgan fingerprint density at radius 2 is 0.535 bits per heavy atom. The number of allylic oxidation sites excluding steroid dienone is 4. The molecule has 0 aliphatic rings. The summed E-state index contributed by atoms with van der Waals surface area (Å²) in [5, 5.41) is 0. The van der Waals surface area contributed by atoms with Crippen molar-refractivity contribution in [2.45, 2.75) is 361 Å². The van der Waals surface area contributed by atoms with Gasteiger partial charge in [-0.3, -0.25) is 14.4 Å². The van der Waals surface area contributed by atoms with Crippen LogP contribution >= 0.6 is 0 Å². The zero-order valence-electron chi connectivity index (χ0n) is 48.0. The highest BCUT2D eigenvalue weighted by molar-refractivity contribution is 5.71. The predicted molar refractivity (Wildman–Crippen MR) is 307 cm³/mol. The molecule has 0 bridgehead atoms. The van der Waals surface area contributed by atoms with E-state index in [2.05, 4.69) is 45.1 Å². The summed E-state index contributed by atoms with van der Waals surface area (Å²) in [4.78, 5) is 38.3. The molecule has 1 atom stereocenters. The van der Waals surface area contributed by atoms with Crippen molar-refractivity contribution in [2.75, 3.05) is 13.2 Å². The SMILES string of the molecule is CCC/C=C\C/C=C\CCCCCCCC(=O)OCC(COC(=O)CCCCCCCCCCCCCCCCCCCCCC)OC(=O)CCCCCCCCCCCCCCCCCCCCCC. The van der Waals surface area contributed by atoms with E-state index in [1.807, 2.05) is 0 Å². The lowest BCUT2D eigenvalue weighted by Gasteiger charge is -2.18. The van der Waals surface area contributed by atoms with Gasteiger partial charge in [-0.05, 0) is 44.9 Å². The number of hydrogen-bond donors (Lipinski definition) is 0. The highest BCUT2D eigenvalue weighted by Gasteiger charge is 2.19. The summed E-state index contributed by atoms with van der Waals surface area (Å²) in [6.07, 6.45) is 71.9. The Kier molecular flexibility index (Phi) is 58.6. The third-order valence-electron chi connectivity index (χ3n) is 14.4. The van der Waals surface area contributed by atoms with Crippen LogP contribution in [0, 0.1) is 0 Å². The molecule has 0 aromatic heterocycles. The Morgan fingerprint density at radius 3 is 0.831 bits per heavy atom. The van der Waals surface area contributed by atoms with Crippen LogP contribution in [0.2, 0.25) is 0 Å². The number of carbonyl (C=O) groups is 3. The number of carbonyl (C=O) groups excluding carboxylic acids is 3. The van der Waals surface area contributed by atoms with Crippen LogP contribution in [0.15, 0.2) is 24.3 Å². The highest BCUT2D eigenvalue weighted by Crippen LogP contribution is 2.18. The summed E-state index contributed by atoms with van der Waals surface area (Å²) in [6.45, 7) is 6.64. The topological polar surface area (TPSA) is 78.9 Å². The minimum Gasteiger partial charge on any atom is -0.462 e. The smallest absolute Gasteiger partial charge is 0.306 e. The van der Waals surface area contributed by atoms with Crippen LogP contribution in [0.25, 0.3) is 0 Å². The molecule has 71 heavy (non-hydrogen) atoms. The minimum atomic E-state index is -0.773. The normalized spacial score (nSPS) is 12.1. The lowest BCUT2D eigenvalue weighted by Crippen LogP contribution is -2.30. The van der Waals surface area contributed by atoms with Gasteiger partial charge in [-0.1, -0.05) is 315 Å². The largest absolute Gasteiger partial charge is 0.462 e. The molecular weight excluding hydrogens is 877 g/mol. The lowest BCUT2D eigenvalue weighted by molar-refractivity contribution is -0.167. The van der Waals surface area contributed by atoms with Gasteiger partial charge in [-0.25, -0.2) is 0 Å². The highest BCUT2D eigenvalue weighted by atomic mass is 16.6. The standard InChI is InChI=1S/C65H122O6/c1-4-7-10-13-16-19-22-25-27-29-31-33-35-37-40-43-46-49-52-55-58-64(67)70-61-62(60-69-63(66)57-54-51-48-45-42-39-24-21-18-15-12-9-6-3)71-65(68)59-56-53-50-47-44-41-38-36-34-32-30-28-26-23-20-17-14-11-8-5-2/h12,15,21,24,62H,4-11,13-14,16-20,22-23,25-61H2,1-3H3/b15-12-,24-21-. The molecule has 0 heterocycles. The van der Waals surface area contributed by atoms with Crippen molar-refractivity contribution in [3.8, 4) is 0 Å². The molecule has 0 aliphatic heterocycles. The van der Waals surface area contributed by atoms with Crippen LogP contribution in [0.4, 0.5) is 0 Å². The van der Waals surface area contributed by atoms with Crippen molar-refractivity contribution in [3.05, 3.63) is 24.3 Å². The zero-order chi connectivity index (χ0) is 51.4. The number of esters is 3. The van der Waals surface area contributed by atoms with E-state index < -0.39 is 6.10 Å². The molecule has 418 valence electrons. The second-order valence-electron chi connectivity index (χ2n) is 21.7. The fourth-order valence-electron chi connectivity index (χ4n) is 9.66. The molecule has 0 aromatic carbocycles. The molecule has 0 N–H and O–H groups in total. The first-order valence-corrected chi connectivity index (χ1v) is 31.8. The van der Waals surface area contributed by atoms with E-state index in [1.165, 1.54) is 231 Å². The van der Waals surface area contributed by atoms with Gasteiger partial charge in [0.05, 0.1) is 0 Å². The fourth-order valence-corrected chi connectivity index (χ4v) is 9.66. The van der Waals surface area contributed by atoms with Gasteiger partial charge in [0.2, 0.25) is 0 Å². The first kappa shape index (κ1) is 68.9. The molecule has 0 spiro atoms. The van der Waals surface area contributed by atoms with Crippen molar-refractivity contribution in [1.82, 2.24) is 0 Å². The molecule has 6 heteroatoms. The van der Waals surface area contributed by atoms with Gasteiger partial charge < -0.3 is 14.2 Å². The van der Waals surface area contributed by atoms with Crippen molar-refractivity contribution < 1.29 is 28.6 Å². The first-order chi connectivity index (χ1) is 35.0. The van der Waals surface area contributed by atoms with Crippen molar-refractivity contribution >= 4 is 17.9 Å². The molecule has 0 saturated heterocycles. The van der Waals surface area contributed by atoms with Crippen LogP contribution in [0.5, 0.6) is 0 Å². The fraction of sp³-hybridized carbons (Fsp3) is 0.892. The molecular formula is C65H122O6. The van der Waals surface area contributed by atoms with Crippen LogP contribution in [0.1, 0.15) is 355 Å². The number of unbranched alkanes of at least 4 members (excludes halogenated alkanes) is 44. The third-order valence-corrected chi connectivity index (χ3v) is 14.4. The molecule has 0 saturated carbocycles. The monoisotopic (exact) mass is 999 g/mol. The Bertz CT molecular complexity index is 1150. The van der Waals surface area contributed by atoms with E-state index in [0.29, 0.717) is 19.3 Å². The maximum atomic E-state index is 12.9. The van der Waals surface area contributed by atoms with Gasteiger partial charge in [0.1, 0.15) is 13.2 Å². The Morgan fingerprint density at radius 1 is 0.282 bits per heavy atom. The summed E-state index contributed by atoms with van der Waals surface area (Å²) in [5.41, 5.74) is 0. The van der Waals surface area contributed by atoms with Gasteiger partial charge in [0, 0.05) is 19.3 Å². The van der Waals surface area contributed by atoms with Gasteiger partial charge in [0.15, 0.2) is 6.10 Å². The van der Waals surface area contributed by atoms with Crippen LogP contribution in [0.3, 0.4) is 0 Å². The van der Waals surface area contributed by atoms with Gasteiger partial charge in [-0.2, -0.15) is 0 Å². The van der Waals surface area contributed by atoms with E-state index in [0.717, 1.165) is 83.5 Å². The van der Waals surface area contributed by atoms with Crippen LogP contribution in [-0.4, -0.2) is 37.2 Å². The maximum absolute atomic E-state index is 12.9. The average Bonchev–Trinajstić information content (AvgIpc) is 3.37. The van der Waals surface area contributed by atoms with E-state index in [-0.39, 0.29) is 31.1 Å². The van der Waals surface area contributed by atoms with Gasteiger partial charge >= 0.3 is 17.9 Å². The van der Waals surface area contributed by atoms with E-state index >= 15 is 0 Å². The summed E-state index contributed by atoms with van der Waals surface area (Å²) in [7, 11) is 0. The summed E-state index contributed by atoms with van der Waals surface area (Å²) in [6, 6.07) is 0. The Balaban J connectivity index is 4.27. The maximum Gasteiger partial charge on any atom is 0.306 e. The summed E-state index contributed by atoms with van der Waals surface area (Å²) < 4.78 is 16.9. The average molecular weight is 1000 g/mol. The number of rotatable bonds is 59. The molecule has 0 aliphatic carbocycles. The molecule has 0 amide bonds. The van der Waals surface area contributed by atoms with Crippen molar-refractivity contribution in [3.63, 3.8) is 0 Å². The molecule has 6 nitrogen and oxygen atoms in total. The third kappa shape index (κ3) is 58.7. The summed E-state index contributed by atoms with van der Waals surface area (Å²) in [5.74, 6) is -0.857. The Hall–Kier alpha value is -2.11. The zero-order valence-corrected chi connectivity index (χ0v) is 48.0. The van der Waals surface area contributed by atoms with Crippen LogP contribution in [-0.2, 0) is 28.6 Å². The van der Waals surface area contributed by atoms with Crippen molar-refractivity contribution in [2.24, 2.45) is 0 Å². The molecule has 0 rings (SSSR count). The predicted octanol–water partition coefficient (Wildman–Crippen LogP) is 21.4. The molecule has 0 fully saturated rings. The second kappa shape index (κ2) is 60.4. The second-order valence-corrected chi connectivity index (χ2v) is 21.7. The number of hydrogen-bond acceptors (Lipinski definition) is 6. The molecule has 0 radical (unpaired) electrons. The van der Waals surface area contributed by atoms with Crippen LogP contribution < -0.4 is 0 Å². The molecule has 0 aromatic rings. The van der Waals surface area contributed by atoms with Gasteiger partial charge in [0.25, 0.3) is 0 Å². The van der Waals surface area contributed by atoms with Crippen molar-refractivity contribution in [1.29, 1.82) is 0 Å². The first-order valence-electron chi connectivity index (χ1n) is 31.8. The molecule has 1 unspecified atom stereocenters. The summed E-state index contributed by atoms with van der Waals surface area (Å²) >= 11 is 0. The van der Waals surface area contributed by atoms with E-state index in [9.17, 15) is 14.4 Å².